The molecule has 1 aliphatic carbocycles. The second-order valence-corrected chi connectivity index (χ2v) is 6.45. The number of aliphatic imine (C=N–C) groups is 1. The highest BCUT2D eigenvalue weighted by atomic mass is 127. The van der Waals surface area contributed by atoms with Crippen LogP contribution in [0.15, 0.2) is 4.99 Å². The van der Waals surface area contributed by atoms with Crippen LogP contribution in [-0.2, 0) is 13.6 Å². The fraction of sp³-hybridized carbons (Fsp3) is 0.800. The lowest BCUT2D eigenvalue weighted by atomic mass is 10.00. The number of hydrogen-bond donors (Lipinski definition) is 1. The van der Waals surface area contributed by atoms with Gasteiger partial charge < -0.3 is 14.8 Å². The van der Waals surface area contributed by atoms with E-state index in [1.54, 1.807) is 0 Å². The third-order valence-electron chi connectivity index (χ3n) is 4.55. The van der Waals surface area contributed by atoms with Gasteiger partial charge in [-0.15, -0.1) is 34.2 Å². The summed E-state index contributed by atoms with van der Waals surface area (Å²) >= 11 is 0. The van der Waals surface area contributed by atoms with Crippen molar-refractivity contribution >= 4 is 29.9 Å². The predicted molar refractivity (Wildman–Crippen MR) is 98.4 cm³/mol. The molecule has 0 bridgehead atoms. The van der Waals surface area contributed by atoms with E-state index in [9.17, 15) is 0 Å². The molecular weight excluding hydrogens is 391 g/mol. The normalized spacial score (nSPS) is 20.0. The molecule has 1 saturated heterocycles. The summed E-state index contributed by atoms with van der Waals surface area (Å²) in [6.07, 6.45) is 5.06. The standard InChI is InChI=1S/C15H26N6.HI/c1-11-6-8-21(9-7-11)15(17-13-4-5-13)16-10-14-19-18-12(2)20(14)3;/h11,13H,4-10H2,1-3H3,(H,16,17);1H. The topological polar surface area (TPSA) is 58.3 Å². The van der Waals surface area contributed by atoms with E-state index in [-0.39, 0.29) is 24.0 Å². The maximum absolute atomic E-state index is 4.81. The molecule has 2 fully saturated rings. The van der Waals surface area contributed by atoms with E-state index in [0.29, 0.717) is 12.6 Å². The van der Waals surface area contributed by atoms with E-state index in [0.717, 1.165) is 36.6 Å². The Morgan fingerprint density at radius 3 is 2.45 bits per heavy atom. The Labute approximate surface area is 149 Å². The molecule has 3 rings (SSSR count). The highest BCUT2D eigenvalue weighted by Gasteiger charge is 2.26. The second kappa shape index (κ2) is 7.61. The Balaban J connectivity index is 0.00000176. The number of rotatable bonds is 3. The molecule has 7 heteroatoms. The molecule has 0 amide bonds. The van der Waals surface area contributed by atoms with E-state index >= 15 is 0 Å². The number of aryl methyl sites for hydroxylation is 1. The Morgan fingerprint density at radius 1 is 1.23 bits per heavy atom. The first-order valence-electron chi connectivity index (χ1n) is 8.04. The monoisotopic (exact) mass is 418 g/mol. The lowest BCUT2D eigenvalue weighted by Gasteiger charge is -2.33. The predicted octanol–water partition coefficient (Wildman–Crippen LogP) is 2.08. The highest BCUT2D eigenvalue weighted by Crippen LogP contribution is 2.21. The zero-order chi connectivity index (χ0) is 14.8. The van der Waals surface area contributed by atoms with Crippen molar-refractivity contribution in [2.75, 3.05) is 13.1 Å². The summed E-state index contributed by atoms with van der Waals surface area (Å²) in [5.74, 6) is 3.76. The van der Waals surface area contributed by atoms with Gasteiger partial charge in [0.2, 0.25) is 0 Å². The van der Waals surface area contributed by atoms with E-state index in [1.165, 1.54) is 25.7 Å². The van der Waals surface area contributed by atoms with Crippen molar-refractivity contribution in [3.05, 3.63) is 11.6 Å². The van der Waals surface area contributed by atoms with Crippen LogP contribution in [0.5, 0.6) is 0 Å². The fourth-order valence-electron chi connectivity index (χ4n) is 2.60. The number of aromatic nitrogens is 3. The van der Waals surface area contributed by atoms with Gasteiger partial charge in [-0.2, -0.15) is 0 Å². The molecular formula is C15H27IN6. The Morgan fingerprint density at radius 2 is 1.91 bits per heavy atom. The molecule has 0 spiro atoms. The summed E-state index contributed by atoms with van der Waals surface area (Å²) in [6.45, 7) is 7.12. The minimum absolute atomic E-state index is 0. The van der Waals surface area contributed by atoms with Gasteiger partial charge in [0.05, 0.1) is 0 Å². The van der Waals surface area contributed by atoms with Crippen LogP contribution in [0, 0.1) is 12.8 Å². The molecule has 1 saturated carbocycles. The van der Waals surface area contributed by atoms with Crippen molar-refractivity contribution in [1.82, 2.24) is 25.0 Å². The Hall–Kier alpha value is -0.860. The average Bonchev–Trinajstić information content (AvgIpc) is 3.24. The van der Waals surface area contributed by atoms with Crippen molar-refractivity contribution in [1.29, 1.82) is 0 Å². The zero-order valence-corrected chi connectivity index (χ0v) is 16.1. The molecule has 1 aromatic rings. The molecule has 22 heavy (non-hydrogen) atoms. The molecule has 124 valence electrons. The van der Waals surface area contributed by atoms with Crippen LogP contribution in [0.4, 0.5) is 0 Å². The molecule has 0 atom stereocenters. The third kappa shape index (κ3) is 4.33. The molecule has 2 heterocycles. The molecule has 0 radical (unpaired) electrons. The zero-order valence-electron chi connectivity index (χ0n) is 13.7. The van der Waals surface area contributed by atoms with Gasteiger partial charge >= 0.3 is 0 Å². The first kappa shape index (κ1) is 17.5. The van der Waals surface area contributed by atoms with Crippen LogP contribution in [0.1, 0.15) is 44.3 Å². The largest absolute Gasteiger partial charge is 0.353 e. The number of likely N-dealkylation sites (tertiary alicyclic amines) is 1. The van der Waals surface area contributed by atoms with Crippen LogP contribution < -0.4 is 5.32 Å². The van der Waals surface area contributed by atoms with Crippen molar-refractivity contribution in [2.24, 2.45) is 18.0 Å². The summed E-state index contributed by atoms with van der Waals surface area (Å²) in [4.78, 5) is 7.21. The fourth-order valence-corrected chi connectivity index (χ4v) is 2.60. The Bertz CT molecular complexity index is 514. The molecule has 6 nitrogen and oxygen atoms in total. The quantitative estimate of drug-likeness (QED) is 0.464. The number of guanidine groups is 1. The molecule has 0 aromatic carbocycles. The number of hydrogen-bond acceptors (Lipinski definition) is 3. The van der Waals surface area contributed by atoms with Crippen molar-refractivity contribution in [3.63, 3.8) is 0 Å². The maximum atomic E-state index is 4.81. The van der Waals surface area contributed by atoms with Gasteiger partial charge in [0.1, 0.15) is 12.4 Å². The maximum Gasteiger partial charge on any atom is 0.194 e. The van der Waals surface area contributed by atoms with Crippen LogP contribution in [0.2, 0.25) is 0 Å². The van der Waals surface area contributed by atoms with Gasteiger partial charge in [-0.3, -0.25) is 0 Å². The van der Waals surface area contributed by atoms with Gasteiger partial charge in [0.15, 0.2) is 11.8 Å². The van der Waals surface area contributed by atoms with Gasteiger partial charge in [0.25, 0.3) is 0 Å². The van der Waals surface area contributed by atoms with Crippen molar-refractivity contribution in [2.45, 2.75) is 52.1 Å². The summed E-state index contributed by atoms with van der Waals surface area (Å²) in [5, 5.41) is 11.9. The van der Waals surface area contributed by atoms with Gasteiger partial charge in [0, 0.05) is 26.2 Å². The molecule has 1 N–H and O–H groups in total. The molecule has 2 aliphatic rings. The second-order valence-electron chi connectivity index (χ2n) is 6.45. The number of halogens is 1. The smallest absolute Gasteiger partial charge is 0.194 e. The summed E-state index contributed by atoms with van der Waals surface area (Å²) in [5.41, 5.74) is 0. The van der Waals surface area contributed by atoms with Gasteiger partial charge in [-0.1, -0.05) is 6.92 Å². The molecule has 1 aliphatic heterocycles. The summed E-state index contributed by atoms with van der Waals surface area (Å²) in [7, 11) is 2.00. The van der Waals surface area contributed by atoms with Gasteiger partial charge in [-0.25, -0.2) is 4.99 Å². The van der Waals surface area contributed by atoms with Crippen molar-refractivity contribution in [3.8, 4) is 0 Å². The van der Waals surface area contributed by atoms with Crippen LogP contribution in [0.25, 0.3) is 0 Å². The van der Waals surface area contributed by atoms with Crippen molar-refractivity contribution < 1.29 is 0 Å². The summed E-state index contributed by atoms with van der Waals surface area (Å²) < 4.78 is 2.01. The van der Waals surface area contributed by atoms with Gasteiger partial charge in [-0.05, 0) is 38.5 Å². The van der Waals surface area contributed by atoms with E-state index in [4.69, 9.17) is 4.99 Å². The number of nitrogens with one attached hydrogen (secondary N) is 1. The lowest BCUT2D eigenvalue weighted by Crippen LogP contribution is -2.46. The molecule has 0 unspecified atom stereocenters. The summed E-state index contributed by atoms with van der Waals surface area (Å²) in [6, 6.07) is 0.629. The minimum Gasteiger partial charge on any atom is -0.353 e. The van der Waals surface area contributed by atoms with Crippen LogP contribution in [-0.4, -0.2) is 44.8 Å². The number of piperidine rings is 1. The van der Waals surface area contributed by atoms with Crippen LogP contribution >= 0.6 is 24.0 Å². The Kier molecular flexibility index (Phi) is 6.05. The lowest BCUT2D eigenvalue weighted by molar-refractivity contribution is 0.272. The first-order chi connectivity index (χ1) is 10.1. The minimum atomic E-state index is 0. The van der Waals surface area contributed by atoms with Crippen LogP contribution in [0.3, 0.4) is 0 Å². The van der Waals surface area contributed by atoms with E-state index < -0.39 is 0 Å². The third-order valence-corrected chi connectivity index (χ3v) is 4.55. The molecule has 1 aromatic heterocycles. The van der Waals surface area contributed by atoms with E-state index in [1.807, 2.05) is 18.5 Å². The highest BCUT2D eigenvalue weighted by molar-refractivity contribution is 14.0. The average molecular weight is 418 g/mol. The van der Waals surface area contributed by atoms with E-state index in [2.05, 4.69) is 27.3 Å². The SMILES string of the molecule is Cc1nnc(CN=C(NC2CC2)N2CCC(C)CC2)n1C.I. The first-order valence-corrected chi connectivity index (χ1v) is 8.04. The number of nitrogens with zero attached hydrogens (tertiary/aromatic N) is 5.